The van der Waals surface area contributed by atoms with E-state index in [2.05, 4.69) is 21.9 Å². The molecule has 0 unspecified atom stereocenters. The fourth-order valence-corrected chi connectivity index (χ4v) is 4.34. The summed E-state index contributed by atoms with van der Waals surface area (Å²) in [5.74, 6) is 1.11. The Bertz CT molecular complexity index is 935. The van der Waals surface area contributed by atoms with E-state index in [0.29, 0.717) is 13.0 Å². The number of carbonyl (C=O) groups excluding carboxylic acids is 2. The second-order valence-corrected chi connectivity index (χ2v) is 7.97. The number of methoxy groups -OCH3 is 1. The molecule has 0 aromatic heterocycles. The van der Waals surface area contributed by atoms with Gasteiger partial charge < -0.3 is 14.5 Å². The van der Waals surface area contributed by atoms with Crippen LogP contribution in [-0.4, -0.2) is 63.0 Å². The van der Waals surface area contributed by atoms with Crippen molar-refractivity contribution in [3.8, 4) is 5.75 Å². The van der Waals surface area contributed by atoms with Gasteiger partial charge in [-0.1, -0.05) is 6.07 Å². The Kier molecular flexibility index (Phi) is 6.04. The summed E-state index contributed by atoms with van der Waals surface area (Å²) in [5, 5.41) is 0. The molecular formula is C24H29N3O3. The summed E-state index contributed by atoms with van der Waals surface area (Å²) >= 11 is 0. The summed E-state index contributed by atoms with van der Waals surface area (Å²) in [7, 11) is 1.69. The van der Waals surface area contributed by atoms with Crippen molar-refractivity contribution in [2.45, 2.75) is 19.8 Å². The van der Waals surface area contributed by atoms with E-state index in [1.165, 1.54) is 5.69 Å². The molecule has 6 heteroatoms. The fourth-order valence-electron chi connectivity index (χ4n) is 4.34. The number of rotatable bonds is 6. The van der Waals surface area contributed by atoms with Crippen LogP contribution in [0.2, 0.25) is 0 Å². The Labute approximate surface area is 178 Å². The first-order valence-corrected chi connectivity index (χ1v) is 10.6. The highest BCUT2D eigenvalue weighted by molar-refractivity contribution is 5.99. The highest BCUT2D eigenvalue weighted by Gasteiger charge is 2.23. The molecule has 158 valence electrons. The van der Waals surface area contributed by atoms with E-state index < -0.39 is 0 Å². The zero-order valence-electron chi connectivity index (χ0n) is 17.8. The number of fused-ring (bicyclic) bond motifs is 1. The summed E-state index contributed by atoms with van der Waals surface area (Å²) in [6.45, 7) is 6.86. The van der Waals surface area contributed by atoms with E-state index in [4.69, 9.17) is 4.74 Å². The van der Waals surface area contributed by atoms with Crippen LogP contribution in [-0.2, 0) is 11.2 Å². The Morgan fingerprint density at radius 2 is 1.80 bits per heavy atom. The van der Waals surface area contributed by atoms with Crippen molar-refractivity contribution in [3.05, 3.63) is 53.6 Å². The van der Waals surface area contributed by atoms with E-state index in [1.54, 1.807) is 18.9 Å². The van der Waals surface area contributed by atoms with Crippen LogP contribution < -0.4 is 14.5 Å². The number of benzene rings is 2. The van der Waals surface area contributed by atoms with Gasteiger partial charge in [-0.2, -0.15) is 0 Å². The van der Waals surface area contributed by atoms with Crippen molar-refractivity contribution in [2.24, 2.45) is 0 Å². The molecule has 0 atom stereocenters. The molecule has 30 heavy (non-hydrogen) atoms. The number of Topliss-reactive ketones (excluding diaryl/α,β-unsaturated/α-hetero) is 1. The van der Waals surface area contributed by atoms with Gasteiger partial charge in [0.1, 0.15) is 5.75 Å². The van der Waals surface area contributed by atoms with Crippen LogP contribution in [0.5, 0.6) is 5.75 Å². The van der Waals surface area contributed by atoms with Crippen molar-refractivity contribution >= 4 is 23.1 Å². The lowest BCUT2D eigenvalue weighted by Gasteiger charge is -2.36. The highest BCUT2D eigenvalue weighted by Crippen LogP contribution is 2.29. The molecule has 1 saturated heterocycles. The quantitative estimate of drug-likeness (QED) is 0.689. The van der Waals surface area contributed by atoms with Crippen LogP contribution in [0.1, 0.15) is 29.3 Å². The summed E-state index contributed by atoms with van der Waals surface area (Å²) in [5.41, 5.74) is 3.99. The molecule has 0 N–H and O–H groups in total. The van der Waals surface area contributed by atoms with Crippen molar-refractivity contribution in [2.75, 3.05) is 56.2 Å². The molecule has 6 nitrogen and oxygen atoms in total. The minimum atomic E-state index is 0.0564. The summed E-state index contributed by atoms with van der Waals surface area (Å²) in [6.07, 6.45) is 1.34. The van der Waals surface area contributed by atoms with Gasteiger partial charge in [0.25, 0.3) is 0 Å². The van der Waals surface area contributed by atoms with Crippen molar-refractivity contribution < 1.29 is 14.3 Å². The summed E-state index contributed by atoms with van der Waals surface area (Å²) < 4.78 is 5.33. The Morgan fingerprint density at radius 1 is 1.00 bits per heavy atom. The molecule has 0 bridgehead atoms. The minimum absolute atomic E-state index is 0.0564. The zero-order chi connectivity index (χ0) is 21.1. The van der Waals surface area contributed by atoms with Gasteiger partial charge in [0.2, 0.25) is 5.91 Å². The molecule has 2 aliphatic heterocycles. The molecule has 4 rings (SSSR count). The summed E-state index contributed by atoms with van der Waals surface area (Å²) in [4.78, 5) is 30.9. The van der Waals surface area contributed by atoms with Gasteiger partial charge in [0, 0.05) is 75.6 Å². The molecule has 2 aliphatic rings. The minimum Gasteiger partial charge on any atom is -0.497 e. The number of hydrogen-bond acceptors (Lipinski definition) is 5. The van der Waals surface area contributed by atoms with Gasteiger partial charge in [-0.3, -0.25) is 14.5 Å². The molecule has 0 saturated carbocycles. The maximum Gasteiger partial charge on any atom is 0.223 e. The zero-order valence-corrected chi connectivity index (χ0v) is 17.8. The predicted octanol–water partition coefficient (Wildman–Crippen LogP) is 3.00. The van der Waals surface area contributed by atoms with Crippen LogP contribution in [0.4, 0.5) is 11.4 Å². The molecule has 2 aromatic rings. The average molecular weight is 408 g/mol. The topological polar surface area (TPSA) is 53.1 Å². The second-order valence-electron chi connectivity index (χ2n) is 7.97. The first-order chi connectivity index (χ1) is 14.5. The Morgan fingerprint density at radius 3 is 2.53 bits per heavy atom. The maximum atomic E-state index is 12.7. The lowest BCUT2D eigenvalue weighted by atomic mass is 10.0. The number of nitrogens with zero attached hydrogens (tertiary/aromatic N) is 3. The molecule has 2 aromatic carbocycles. The van der Waals surface area contributed by atoms with Crippen molar-refractivity contribution in [1.29, 1.82) is 0 Å². The first-order valence-electron chi connectivity index (χ1n) is 10.6. The van der Waals surface area contributed by atoms with Crippen LogP contribution in [0, 0.1) is 0 Å². The molecule has 1 fully saturated rings. The Balaban J connectivity index is 1.29. The molecule has 0 aliphatic carbocycles. The highest BCUT2D eigenvalue weighted by atomic mass is 16.5. The smallest absolute Gasteiger partial charge is 0.223 e. The molecular weight excluding hydrogens is 378 g/mol. The van der Waals surface area contributed by atoms with Crippen LogP contribution in [0.15, 0.2) is 42.5 Å². The van der Waals surface area contributed by atoms with Gasteiger partial charge in [-0.15, -0.1) is 0 Å². The number of hydrogen-bond donors (Lipinski definition) is 0. The van der Waals surface area contributed by atoms with Crippen LogP contribution in [0.25, 0.3) is 0 Å². The lowest BCUT2D eigenvalue weighted by molar-refractivity contribution is -0.116. The van der Waals surface area contributed by atoms with Gasteiger partial charge in [-0.05, 0) is 42.3 Å². The van der Waals surface area contributed by atoms with E-state index in [-0.39, 0.29) is 11.7 Å². The first kappa shape index (κ1) is 20.4. The third-order valence-corrected chi connectivity index (χ3v) is 6.12. The number of carbonyl (C=O) groups is 2. The number of amides is 1. The summed E-state index contributed by atoms with van der Waals surface area (Å²) in [6, 6.07) is 13.9. The number of anilines is 2. The van der Waals surface area contributed by atoms with Gasteiger partial charge >= 0.3 is 0 Å². The molecule has 1 amide bonds. The van der Waals surface area contributed by atoms with E-state index in [1.807, 2.05) is 30.3 Å². The fraction of sp³-hybridized carbons (Fsp3) is 0.417. The molecule has 2 heterocycles. The molecule has 0 spiro atoms. The third kappa shape index (κ3) is 4.33. The predicted molar refractivity (Wildman–Crippen MR) is 119 cm³/mol. The second kappa shape index (κ2) is 8.88. The number of ether oxygens (including phenoxy) is 1. The third-order valence-electron chi connectivity index (χ3n) is 6.12. The molecule has 0 radical (unpaired) electrons. The van der Waals surface area contributed by atoms with Gasteiger partial charge in [0.15, 0.2) is 5.78 Å². The van der Waals surface area contributed by atoms with Crippen molar-refractivity contribution in [1.82, 2.24) is 4.90 Å². The van der Waals surface area contributed by atoms with Crippen LogP contribution >= 0.6 is 0 Å². The van der Waals surface area contributed by atoms with Crippen molar-refractivity contribution in [3.63, 3.8) is 0 Å². The van der Waals surface area contributed by atoms with E-state index in [0.717, 1.165) is 61.7 Å². The van der Waals surface area contributed by atoms with E-state index in [9.17, 15) is 9.59 Å². The number of piperazine rings is 1. The Hall–Kier alpha value is -2.86. The monoisotopic (exact) mass is 407 g/mol. The number of ketones is 1. The normalized spacial score (nSPS) is 16.5. The SMILES string of the molecule is COc1cccc(N2CCN(CCC(=O)c3ccc4c(c3)CCN4C(C)=O)CC2)c1. The van der Waals surface area contributed by atoms with Crippen LogP contribution in [0.3, 0.4) is 0 Å². The largest absolute Gasteiger partial charge is 0.497 e. The van der Waals surface area contributed by atoms with Gasteiger partial charge in [0.05, 0.1) is 7.11 Å². The van der Waals surface area contributed by atoms with Gasteiger partial charge in [-0.25, -0.2) is 0 Å². The maximum absolute atomic E-state index is 12.7. The average Bonchev–Trinajstić information content (AvgIpc) is 3.21. The lowest BCUT2D eigenvalue weighted by Crippen LogP contribution is -2.46. The standard InChI is InChI=1S/C24H29N3O3/c1-18(28)27-11-8-19-16-20(6-7-23(19)27)24(29)9-10-25-12-14-26(15-13-25)21-4-3-5-22(17-21)30-2/h3-7,16-17H,8-15H2,1-2H3. The van der Waals surface area contributed by atoms with E-state index >= 15 is 0 Å².